The van der Waals surface area contributed by atoms with Gasteiger partial charge in [0.25, 0.3) is 0 Å². The van der Waals surface area contributed by atoms with E-state index < -0.39 is 7.60 Å². The fourth-order valence-corrected chi connectivity index (χ4v) is 4.07. The lowest BCUT2D eigenvalue weighted by Crippen LogP contribution is -2.36. The molecule has 0 aromatic heterocycles. The minimum atomic E-state index is -3.37. The molecular formula is C21H28NO4P. The van der Waals surface area contributed by atoms with Gasteiger partial charge in [0, 0.05) is 26.3 Å². The molecule has 0 saturated heterocycles. The van der Waals surface area contributed by atoms with E-state index in [4.69, 9.17) is 9.05 Å². The summed E-state index contributed by atoms with van der Waals surface area (Å²) in [6, 6.07) is 20.1. The van der Waals surface area contributed by atoms with Crippen LogP contribution in [0, 0.1) is 0 Å². The first-order chi connectivity index (χ1) is 12.9. The zero-order valence-corrected chi connectivity index (χ0v) is 17.3. The molecule has 6 heteroatoms. The van der Waals surface area contributed by atoms with Gasteiger partial charge in [-0.25, -0.2) is 0 Å². The quantitative estimate of drug-likeness (QED) is 0.543. The molecule has 0 spiro atoms. The zero-order valence-electron chi connectivity index (χ0n) is 16.4. The van der Waals surface area contributed by atoms with E-state index in [2.05, 4.69) is 43.0 Å². The van der Waals surface area contributed by atoms with Crippen molar-refractivity contribution in [3.8, 4) is 0 Å². The topological polar surface area (TPSA) is 55.8 Å². The lowest BCUT2D eigenvalue weighted by atomic mass is 10.0. The van der Waals surface area contributed by atoms with Crippen molar-refractivity contribution in [2.75, 3.05) is 26.9 Å². The number of hydrogen-bond acceptors (Lipinski definition) is 5. The number of carbonyl (C=O) groups is 1. The molecule has 2 aromatic carbocycles. The molecular weight excluding hydrogens is 361 g/mol. The van der Waals surface area contributed by atoms with Crippen LogP contribution in [-0.2, 0) is 18.4 Å². The minimum absolute atomic E-state index is 0.00910. The van der Waals surface area contributed by atoms with Crippen molar-refractivity contribution in [3.05, 3.63) is 71.8 Å². The highest BCUT2D eigenvalue weighted by molar-refractivity contribution is 7.54. The highest BCUT2D eigenvalue weighted by Crippen LogP contribution is 2.46. The van der Waals surface area contributed by atoms with E-state index in [0.717, 1.165) is 11.1 Å². The monoisotopic (exact) mass is 389 g/mol. The van der Waals surface area contributed by atoms with Crippen LogP contribution in [0.3, 0.4) is 0 Å². The van der Waals surface area contributed by atoms with Crippen molar-refractivity contribution in [2.24, 2.45) is 0 Å². The van der Waals surface area contributed by atoms with Crippen LogP contribution in [0.2, 0.25) is 0 Å². The molecule has 5 nitrogen and oxygen atoms in total. The maximum absolute atomic E-state index is 12.7. The Morgan fingerprint density at radius 2 is 1.30 bits per heavy atom. The first-order valence-corrected chi connectivity index (χ1v) is 10.7. The molecule has 2 aromatic rings. The molecule has 0 heterocycles. The predicted molar refractivity (Wildman–Crippen MR) is 108 cm³/mol. The fraction of sp³-hybridized carbons (Fsp3) is 0.381. The smallest absolute Gasteiger partial charge is 0.312 e. The lowest BCUT2D eigenvalue weighted by molar-refractivity contribution is -0.119. The standard InChI is InChI=1S/C21H28NO4P/c1-17(19-11-7-5-8-12-19)22(18(2)20-13-9-6-10-14-20)15-21(23)16-27(24,25-3)26-4/h5-14,17-18H,15-16H2,1-4H3/t17-,18-/m0/s1. The summed E-state index contributed by atoms with van der Waals surface area (Å²) in [6.07, 6.45) is -0.237. The number of benzene rings is 2. The van der Waals surface area contributed by atoms with Gasteiger partial charge in [-0.1, -0.05) is 60.7 Å². The molecule has 2 atom stereocenters. The normalized spacial score (nSPS) is 14.1. The SMILES string of the molecule is COP(=O)(CC(=O)CN([C@@H](C)c1ccccc1)[C@@H](C)c1ccccc1)OC. The molecule has 0 amide bonds. The Morgan fingerprint density at radius 3 is 1.67 bits per heavy atom. The summed E-state index contributed by atoms with van der Waals surface area (Å²) in [5, 5.41) is 0. The summed E-state index contributed by atoms with van der Waals surface area (Å²) in [7, 11) is -0.774. The maximum atomic E-state index is 12.7. The third kappa shape index (κ3) is 5.85. The van der Waals surface area contributed by atoms with E-state index in [1.54, 1.807) is 0 Å². The largest absolute Gasteiger partial charge is 0.337 e. The van der Waals surface area contributed by atoms with Gasteiger partial charge >= 0.3 is 7.60 Å². The summed E-state index contributed by atoms with van der Waals surface area (Å²) in [5.41, 5.74) is 2.24. The Bertz CT molecular complexity index is 713. The van der Waals surface area contributed by atoms with Crippen LogP contribution in [0.25, 0.3) is 0 Å². The Morgan fingerprint density at radius 1 is 0.889 bits per heavy atom. The summed E-state index contributed by atoms with van der Waals surface area (Å²) in [5.74, 6) is -0.174. The van der Waals surface area contributed by atoms with Gasteiger partial charge in [-0.15, -0.1) is 0 Å². The molecule has 0 aliphatic rings. The second-order valence-corrected chi connectivity index (χ2v) is 8.79. The molecule has 0 fully saturated rings. The van der Waals surface area contributed by atoms with Crippen LogP contribution in [-0.4, -0.2) is 37.6 Å². The van der Waals surface area contributed by atoms with E-state index in [-0.39, 0.29) is 30.6 Å². The fourth-order valence-electron chi connectivity index (χ4n) is 3.13. The van der Waals surface area contributed by atoms with Crippen LogP contribution in [0.1, 0.15) is 37.1 Å². The molecule has 0 N–H and O–H groups in total. The van der Waals surface area contributed by atoms with Crippen LogP contribution < -0.4 is 0 Å². The second-order valence-electron chi connectivity index (χ2n) is 6.52. The van der Waals surface area contributed by atoms with Crippen molar-refractivity contribution in [2.45, 2.75) is 25.9 Å². The van der Waals surface area contributed by atoms with Gasteiger partial charge in [-0.3, -0.25) is 14.3 Å². The van der Waals surface area contributed by atoms with Crippen LogP contribution in [0.15, 0.2) is 60.7 Å². The van der Waals surface area contributed by atoms with E-state index in [0.29, 0.717) is 0 Å². The molecule has 0 aliphatic heterocycles. The van der Waals surface area contributed by atoms with Crippen molar-refractivity contribution in [1.29, 1.82) is 0 Å². The molecule has 0 unspecified atom stereocenters. The van der Waals surface area contributed by atoms with Crippen LogP contribution in [0.4, 0.5) is 0 Å². The second kappa shape index (κ2) is 9.95. The number of ketones is 1. The number of rotatable bonds is 10. The number of carbonyl (C=O) groups excluding carboxylic acids is 1. The minimum Gasteiger partial charge on any atom is -0.312 e. The highest BCUT2D eigenvalue weighted by atomic mass is 31.2. The highest BCUT2D eigenvalue weighted by Gasteiger charge is 2.30. The van der Waals surface area contributed by atoms with Crippen molar-refractivity contribution in [1.82, 2.24) is 4.90 Å². The van der Waals surface area contributed by atoms with Gasteiger partial charge in [-0.2, -0.15) is 0 Å². The average molecular weight is 389 g/mol. The first kappa shape index (κ1) is 21.5. The van der Waals surface area contributed by atoms with E-state index in [9.17, 15) is 9.36 Å². The Labute approximate surface area is 161 Å². The average Bonchev–Trinajstić information content (AvgIpc) is 2.72. The summed E-state index contributed by atoms with van der Waals surface area (Å²) in [6.45, 7) is 4.31. The van der Waals surface area contributed by atoms with Crippen molar-refractivity contribution in [3.63, 3.8) is 0 Å². The van der Waals surface area contributed by atoms with Crippen molar-refractivity contribution >= 4 is 13.4 Å². The third-order valence-corrected chi connectivity index (χ3v) is 6.70. The summed E-state index contributed by atoms with van der Waals surface area (Å²) >= 11 is 0. The van der Waals surface area contributed by atoms with Gasteiger partial charge in [0.2, 0.25) is 0 Å². The zero-order chi connectivity index (χ0) is 19.9. The number of hydrogen-bond donors (Lipinski definition) is 0. The maximum Gasteiger partial charge on any atom is 0.337 e. The molecule has 0 aliphatic carbocycles. The van der Waals surface area contributed by atoms with Gasteiger partial charge in [0.1, 0.15) is 6.16 Å². The summed E-state index contributed by atoms with van der Waals surface area (Å²) < 4.78 is 22.2. The van der Waals surface area contributed by atoms with Gasteiger partial charge in [-0.05, 0) is 25.0 Å². The van der Waals surface area contributed by atoms with Crippen molar-refractivity contribution < 1.29 is 18.4 Å². The molecule has 2 rings (SSSR count). The van der Waals surface area contributed by atoms with E-state index >= 15 is 0 Å². The van der Waals surface area contributed by atoms with Crippen LogP contribution in [0.5, 0.6) is 0 Å². The Kier molecular flexibility index (Phi) is 7.93. The number of nitrogens with zero attached hydrogens (tertiary/aromatic N) is 1. The molecule has 0 saturated carbocycles. The molecule has 27 heavy (non-hydrogen) atoms. The Balaban J connectivity index is 2.26. The van der Waals surface area contributed by atoms with Gasteiger partial charge < -0.3 is 9.05 Å². The Hall–Kier alpha value is -1.78. The predicted octanol–water partition coefficient (Wildman–Crippen LogP) is 4.87. The molecule has 0 bridgehead atoms. The first-order valence-electron chi connectivity index (χ1n) is 8.98. The van der Waals surface area contributed by atoms with E-state index in [1.807, 2.05) is 36.4 Å². The molecule has 0 radical (unpaired) electrons. The lowest BCUT2D eigenvalue weighted by Gasteiger charge is -2.35. The molecule has 146 valence electrons. The van der Waals surface area contributed by atoms with Gasteiger partial charge in [0.05, 0.1) is 6.54 Å². The van der Waals surface area contributed by atoms with Crippen LogP contribution >= 0.6 is 7.60 Å². The van der Waals surface area contributed by atoms with E-state index in [1.165, 1.54) is 14.2 Å². The number of Topliss-reactive ketones (excluding diaryl/α,β-unsaturated/α-hetero) is 1. The van der Waals surface area contributed by atoms with Gasteiger partial charge in [0.15, 0.2) is 5.78 Å². The summed E-state index contributed by atoms with van der Waals surface area (Å²) in [4.78, 5) is 14.8. The third-order valence-electron chi connectivity index (χ3n) is 4.84.